The van der Waals surface area contributed by atoms with Crippen LogP contribution in [0.3, 0.4) is 0 Å². The van der Waals surface area contributed by atoms with Crippen molar-refractivity contribution in [3.8, 4) is 0 Å². The molecule has 6 nitrogen and oxygen atoms in total. The van der Waals surface area contributed by atoms with Gasteiger partial charge in [-0.15, -0.1) is 11.3 Å². The van der Waals surface area contributed by atoms with Gasteiger partial charge in [0, 0.05) is 11.4 Å². The Hall–Kier alpha value is -1.63. The van der Waals surface area contributed by atoms with E-state index in [1.54, 1.807) is 0 Å². The highest BCUT2D eigenvalue weighted by molar-refractivity contribution is 7.09. The van der Waals surface area contributed by atoms with E-state index in [1.165, 1.54) is 16.7 Å². The van der Waals surface area contributed by atoms with Crippen LogP contribution in [0.5, 0.6) is 0 Å². The number of thiazole rings is 1. The number of aromatic carboxylic acids is 1. The summed E-state index contributed by atoms with van der Waals surface area (Å²) in [5.74, 6) is -0.429. The number of nitrogens with zero attached hydrogens (tertiary/aromatic N) is 1. The molecular weight excluding hydrogens is 266 g/mol. The molecule has 2 unspecified atom stereocenters. The summed E-state index contributed by atoms with van der Waals surface area (Å²) < 4.78 is 0. The minimum atomic E-state index is -1.05. The Bertz CT molecular complexity index is 475. The van der Waals surface area contributed by atoms with Crippen LogP contribution in [0.2, 0.25) is 0 Å². The number of carboxylic acid groups (broad SMARTS) is 1. The molecular formula is C12H17N3O3S. The van der Waals surface area contributed by atoms with Crippen LogP contribution in [0.15, 0.2) is 5.38 Å². The predicted molar refractivity (Wildman–Crippen MR) is 71.2 cm³/mol. The Labute approximate surface area is 115 Å². The lowest BCUT2D eigenvalue weighted by Crippen LogP contribution is -2.37. The molecule has 1 aromatic heterocycles. The lowest BCUT2D eigenvalue weighted by Gasteiger charge is -2.05. The molecule has 0 radical (unpaired) electrons. The van der Waals surface area contributed by atoms with E-state index >= 15 is 0 Å². The second-order valence-corrected chi connectivity index (χ2v) is 5.59. The maximum absolute atomic E-state index is 11.6. The van der Waals surface area contributed by atoms with E-state index in [1.807, 2.05) is 0 Å². The van der Waals surface area contributed by atoms with Crippen LogP contribution >= 0.6 is 11.3 Å². The summed E-state index contributed by atoms with van der Waals surface area (Å²) in [4.78, 5) is 26.1. The van der Waals surface area contributed by atoms with E-state index in [0.29, 0.717) is 17.0 Å². The number of urea groups is 1. The van der Waals surface area contributed by atoms with Gasteiger partial charge in [-0.3, -0.25) is 0 Å². The average Bonchev–Trinajstić information content (AvgIpc) is 2.92. The third kappa shape index (κ3) is 3.92. The van der Waals surface area contributed by atoms with Gasteiger partial charge in [0.2, 0.25) is 0 Å². The van der Waals surface area contributed by atoms with Crippen molar-refractivity contribution in [1.29, 1.82) is 0 Å². The maximum atomic E-state index is 11.6. The smallest absolute Gasteiger partial charge is 0.355 e. The maximum Gasteiger partial charge on any atom is 0.355 e. The second-order valence-electron chi connectivity index (χ2n) is 4.65. The van der Waals surface area contributed by atoms with Crippen molar-refractivity contribution in [2.24, 2.45) is 5.92 Å². The molecule has 1 saturated carbocycles. The Kier molecular flexibility index (Phi) is 4.36. The molecule has 1 fully saturated rings. The Morgan fingerprint density at radius 2 is 2.37 bits per heavy atom. The van der Waals surface area contributed by atoms with Crippen LogP contribution in [0.4, 0.5) is 4.79 Å². The zero-order valence-corrected chi connectivity index (χ0v) is 11.5. The summed E-state index contributed by atoms with van der Waals surface area (Å²) in [6.07, 6.45) is 3.35. The summed E-state index contributed by atoms with van der Waals surface area (Å²) in [5, 5.41) is 16.4. The SMILES string of the molecule is CCCC1CC1NC(=O)NCc1nc(C(=O)O)cs1. The summed E-state index contributed by atoms with van der Waals surface area (Å²) in [6.45, 7) is 2.40. The minimum Gasteiger partial charge on any atom is -0.476 e. The van der Waals surface area contributed by atoms with E-state index < -0.39 is 5.97 Å². The molecule has 2 atom stereocenters. The van der Waals surface area contributed by atoms with Gasteiger partial charge in [-0.2, -0.15) is 0 Å². The molecule has 1 heterocycles. The minimum absolute atomic E-state index is 0.0208. The summed E-state index contributed by atoms with van der Waals surface area (Å²) in [6, 6.07) is 0.0847. The van der Waals surface area contributed by atoms with Gasteiger partial charge in [0.15, 0.2) is 5.69 Å². The second kappa shape index (κ2) is 6.01. The largest absolute Gasteiger partial charge is 0.476 e. The van der Waals surface area contributed by atoms with Gasteiger partial charge in [0.05, 0.1) is 6.54 Å². The van der Waals surface area contributed by atoms with Gasteiger partial charge in [0.25, 0.3) is 0 Å². The molecule has 3 N–H and O–H groups in total. The van der Waals surface area contributed by atoms with Crippen molar-refractivity contribution in [2.75, 3.05) is 0 Å². The monoisotopic (exact) mass is 283 g/mol. The Morgan fingerprint density at radius 3 is 3.00 bits per heavy atom. The molecule has 0 bridgehead atoms. The standard InChI is InChI=1S/C12H17N3O3S/c1-2-3-7-4-8(7)15-12(18)13-5-10-14-9(6-19-10)11(16)17/h6-8H,2-5H2,1H3,(H,16,17)(H2,13,15,18). The van der Waals surface area contributed by atoms with Gasteiger partial charge < -0.3 is 15.7 Å². The first-order valence-electron chi connectivity index (χ1n) is 6.32. The third-order valence-electron chi connectivity index (χ3n) is 3.07. The van der Waals surface area contributed by atoms with Gasteiger partial charge in [-0.25, -0.2) is 14.6 Å². The molecule has 2 amide bonds. The molecule has 0 saturated heterocycles. The van der Waals surface area contributed by atoms with Crippen LogP contribution in [0, 0.1) is 5.92 Å². The number of hydrogen-bond donors (Lipinski definition) is 3. The number of nitrogens with one attached hydrogen (secondary N) is 2. The lowest BCUT2D eigenvalue weighted by molar-refractivity contribution is 0.0691. The van der Waals surface area contributed by atoms with Gasteiger partial charge >= 0.3 is 12.0 Å². The Balaban J connectivity index is 1.70. The van der Waals surface area contributed by atoms with E-state index in [0.717, 1.165) is 19.3 Å². The molecule has 2 rings (SSSR count). The van der Waals surface area contributed by atoms with Crippen LogP contribution in [0.25, 0.3) is 0 Å². The Morgan fingerprint density at radius 1 is 1.58 bits per heavy atom. The number of aromatic nitrogens is 1. The highest BCUT2D eigenvalue weighted by Gasteiger charge is 2.37. The highest BCUT2D eigenvalue weighted by atomic mass is 32.1. The first kappa shape index (κ1) is 13.8. The number of carbonyl (C=O) groups excluding carboxylic acids is 1. The van der Waals surface area contributed by atoms with Crippen LogP contribution in [-0.4, -0.2) is 28.1 Å². The molecule has 7 heteroatoms. The topological polar surface area (TPSA) is 91.3 Å². The summed E-state index contributed by atoms with van der Waals surface area (Å²) in [7, 11) is 0. The number of hydrogen-bond acceptors (Lipinski definition) is 4. The van der Waals surface area contributed by atoms with E-state index in [4.69, 9.17) is 5.11 Å². The average molecular weight is 283 g/mol. The van der Waals surface area contributed by atoms with Crippen LogP contribution in [-0.2, 0) is 6.54 Å². The zero-order valence-electron chi connectivity index (χ0n) is 10.7. The molecule has 1 aliphatic rings. The molecule has 0 aliphatic heterocycles. The summed E-state index contributed by atoms with van der Waals surface area (Å²) >= 11 is 1.23. The van der Waals surface area contributed by atoms with Crippen LogP contribution in [0.1, 0.15) is 41.7 Å². The van der Waals surface area contributed by atoms with Crippen LogP contribution < -0.4 is 10.6 Å². The van der Waals surface area contributed by atoms with Crippen molar-refractivity contribution in [1.82, 2.24) is 15.6 Å². The number of rotatable bonds is 6. The first-order chi connectivity index (χ1) is 9.10. The number of carbonyl (C=O) groups is 2. The molecule has 0 aromatic carbocycles. The molecule has 1 aliphatic carbocycles. The van der Waals surface area contributed by atoms with Gasteiger partial charge in [0.1, 0.15) is 5.01 Å². The van der Waals surface area contributed by atoms with E-state index in [9.17, 15) is 9.59 Å². The molecule has 104 valence electrons. The van der Waals surface area contributed by atoms with Gasteiger partial charge in [-0.1, -0.05) is 13.3 Å². The fourth-order valence-corrected chi connectivity index (χ4v) is 2.69. The highest BCUT2D eigenvalue weighted by Crippen LogP contribution is 2.34. The number of carboxylic acids is 1. The van der Waals surface area contributed by atoms with Crippen molar-refractivity contribution < 1.29 is 14.7 Å². The van der Waals surface area contributed by atoms with E-state index in [2.05, 4.69) is 22.5 Å². The first-order valence-corrected chi connectivity index (χ1v) is 7.20. The third-order valence-corrected chi connectivity index (χ3v) is 3.92. The normalized spacial score (nSPS) is 20.9. The van der Waals surface area contributed by atoms with Gasteiger partial charge in [-0.05, 0) is 18.8 Å². The van der Waals surface area contributed by atoms with Crippen molar-refractivity contribution >= 4 is 23.3 Å². The predicted octanol–water partition coefficient (Wildman–Crippen LogP) is 1.83. The molecule has 19 heavy (non-hydrogen) atoms. The molecule has 1 aromatic rings. The molecule has 0 spiro atoms. The van der Waals surface area contributed by atoms with Crippen molar-refractivity contribution in [2.45, 2.75) is 38.8 Å². The lowest BCUT2D eigenvalue weighted by atomic mass is 10.2. The zero-order chi connectivity index (χ0) is 13.8. The number of amides is 2. The summed E-state index contributed by atoms with van der Waals surface area (Å²) in [5.41, 5.74) is 0.0208. The van der Waals surface area contributed by atoms with E-state index in [-0.39, 0.29) is 18.3 Å². The van der Waals surface area contributed by atoms with Crippen molar-refractivity contribution in [3.05, 3.63) is 16.1 Å². The van der Waals surface area contributed by atoms with Crippen molar-refractivity contribution in [3.63, 3.8) is 0 Å². The quantitative estimate of drug-likeness (QED) is 0.742. The fraction of sp³-hybridized carbons (Fsp3) is 0.583. The fourth-order valence-electron chi connectivity index (χ4n) is 1.98.